The fourth-order valence-electron chi connectivity index (χ4n) is 2.89. The maximum Gasteiger partial charge on any atom is 0.264 e. The summed E-state index contributed by atoms with van der Waals surface area (Å²) in [5.41, 5.74) is 0.970. The van der Waals surface area contributed by atoms with E-state index in [1.165, 1.54) is 17.1 Å². The molecule has 2 heterocycles. The van der Waals surface area contributed by atoms with Gasteiger partial charge in [-0.15, -0.1) is 0 Å². The molecular weight excluding hydrogens is 415 g/mol. The van der Waals surface area contributed by atoms with Crippen LogP contribution >= 0.6 is 23.2 Å². The molecule has 9 heteroatoms. The molecule has 0 aliphatic heterocycles. The monoisotopic (exact) mass is 430 g/mol. The predicted octanol–water partition coefficient (Wildman–Crippen LogP) is 3.33. The Morgan fingerprint density at radius 2 is 1.93 bits per heavy atom. The summed E-state index contributed by atoms with van der Waals surface area (Å²) >= 11 is 11.9. The summed E-state index contributed by atoms with van der Waals surface area (Å²) in [7, 11) is 0. The van der Waals surface area contributed by atoms with Gasteiger partial charge >= 0.3 is 0 Å². The van der Waals surface area contributed by atoms with E-state index in [1.807, 2.05) is 30.3 Å². The number of hydrogen-bond acceptors (Lipinski definition) is 5. The number of aliphatic hydroxyl groups is 1. The molecular formula is C20H16Cl2N4O3. The van der Waals surface area contributed by atoms with E-state index in [4.69, 9.17) is 27.9 Å². The van der Waals surface area contributed by atoms with Crippen molar-refractivity contribution in [1.29, 1.82) is 0 Å². The van der Waals surface area contributed by atoms with Crippen molar-refractivity contribution in [3.05, 3.63) is 81.5 Å². The highest BCUT2D eigenvalue weighted by atomic mass is 35.5. The van der Waals surface area contributed by atoms with E-state index in [0.29, 0.717) is 26.8 Å². The van der Waals surface area contributed by atoms with Gasteiger partial charge in [0, 0.05) is 5.02 Å². The first-order chi connectivity index (χ1) is 14.0. The standard InChI is InChI=1S/C20H16Cl2N4O3/c21-13-6-7-18(17(22)8-13)29-11-15(27)10-25-12-23-19-16(20(25)28)9-24-26(19)14-4-2-1-3-5-14/h1-9,12,15,27H,10-11H2/t15-/m1/s1. The first kappa shape index (κ1) is 19.4. The molecule has 0 fully saturated rings. The van der Waals surface area contributed by atoms with Crippen molar-refractivity contribution < 1.29 is 9.84 Å². The zero-order chi connectivity index (χ0) is 20.4. The maximum absolute atomic E-state index is 12.8. The lowest BCUT2D eigenvalue weighted by Crippen LogP contribution is -2.30. The Morgan fingerprint density at radius 1 is 1.14 bits per heavy atom. The lowest BCUT2D eigenvalue weighted by atomic mass is 10.3. The highest BCUT2D eigenvalue weighted by molar-refractivity contribution is 6.35. The lowest BCUT2D eigenvalue weighted by molar-refractivity contribution is 0.0915. The molecule has 29 heavy (non-hydrogen) atoms. The second-order valence-electron chi connectivity index (χ2n) is 6.37. The molecule has 0 unspecified atom stereocenters. The van der Waals surface area contributed by atoms with Crippen molar-refractivity contribution in [3.63, 3.8) is 0 Å². The van der Waals surface area contributed by atoms with Crippen LogP contribution in [0.2, 0.25) is 10.0 Å². The lowest BCUT2D eigenvalue weighted by Gasteiger charge is -2.14. The van der Waals surface area contributed by atoms with Gasteiger partial charge in [0.2, 0.25) is 0 Å². The summed E-state index contributed by atoms with van der Waals surface area (Å²) in [4.78, 5) is 17.1. The van der Waals surface area contributed by atoms with E-state index in [1.54, 1.807) is 22.9 Å². The van der Waals surface area contributed by atoms with Gasteiger partial charge in [-0.3, -0.25) is 9.36 Å². The van der Waals surface area contributed by atoms with Crippen molar-refractivity contribution in [2.45, 2.75) is 12.6 Å². The number of aromatic nitrogens is 4. The fraction of sp³-hybridized carbons (Fsp3) is 0.150. The molecule has 0 aliphatic carbocycles. The van der Waals surface area contributed by atoms with E-state index >= 15 is 0 Å². The van der Waals surface area contributed by atoms with Gasteiger partial charge in [0.05, 0.1) is 23.5 Å². The van der Waals surface area contributed by atoms with Crippen LogP contribution in [0.15, 0.2) is 65.8 Å². The molecule has 7 nitrogen and oxygen atoms in total. The van der Waals surface area contributed by atoms with Crippen molar-refractivity contribution in [3.8, 4) is 11.4 Å². The van der Waals surface area contributed by atoms with Crippen LogP contribution in [0.25, 0.3) is 16.7 Å². The van der Waals surface area contributed by atoms with Gasteiger partial charge in [-0.2, -0.15) is 5.10 Å². The van der Waals surface area contributed by atoms with Crippen molar-refractivity contribution in [1.82, 2.24) is 19.3 Å². The molecule has 2 aromatic carbocycles. The van der Waals surface area contributed by atoms with E-state index in [2.05, 4.69) is 10.1 Å². The summed E-state index contributed by atoms with van der Waals surface area (Å²) in [6, 6.07) is 14.2. The van der Waals surface area contributed by atoms with Crippen LogP contribution < -0.4 is 10.3 Å². The van der Waals surface area contributed by atoms with E-state index < -0.39 is 6.10 Å². The third-order valence-electron chi connectivity index (χ3n) is 4.29. The van der Waals surface area contributed by atoms with Crippen LogP contribution in [-0.4, -0.2) is 37.1 Å². The molecule has 0 spiro atoms. The maximum atomic E-state index is 12.8. The number of nitrogens with zero attached hydrogens (tertiary/aromatic N) is 4. The molecule has 1 atom stereocenters. The van der Waals surface area contributed by atoms with Crippen molar-refractivity contribution >= 4 is 34.2 Å². The smallest absolute Gasteiger partial charge is 0.264 e. The Bertz CT molecular complexity index is 1210. The Labute approximate surface area is 175 Å². The van der Waals surface area contributed by atoms with Gasteiger partial charge in [-0.1, -0.05) is 41.4 Å². The molecule has 0 saturated heterocycles. The SMILES string of the molecule is O=c1c2cnn(-c3ccccc3)c2ncn1C[C@@H](O)COc1ccc(Cl)cc1Cl. The highest BCUT2D eigenvalue weighted by Gasteiger charge is 2.14. The minimum absolute atomic E-state index is 0.0174. The summed E-state index contributed by atoms with van der Waals surface area (Å²) in [6.07, 6.45) is 1.93. The molecule has 0 radical (unpaired) electrons. The van der Waals surface area contributed by atoms with Crippen LogP contribution in [0.1, 0.15) is 0 Å². The number of ether oxygens (including phenoxy) is 1. The molecule has 4 rings (SSSR count). The van der Waals surface area contributed by atoms with Gasteiger partial charge in [0.15, 0.2) is 5.65 Å². The van der Waals surface area contributed by atoms with E-state index in [0.717, 1.165) is 5.69 Å². The van der Waals surface area contributed by atoms with Gasteiger partial charge in [0.1, 0.15) is 30.2 Å². The first-order valence-electron chi connectivity index (χ1n) is 8.77. The van der Waals surface area contributed by atoms with Crippen molar-refractivity contribution in [2.24, 2.45) is 0 Å². The second kappa shape index (κ2) is 8.24. The quantitative estimate of drug-likeness (QED) is 0.507. The Hall–Kier alpha value is -2.87. The number of fused-ring (bicyclic) bond motifs is 1. The Kier molecular flexibility index (Phi) is 5.53. The third kappa shape index (κ3) is 4.12. The van der Waals surface area contributed by atoms with Crippen LogP contribution in [-0.2, 0) is 6.54 Å². The topological polar surface area (TPSA) is 82.2 Å². The zero-order valence-electron chi connectivity index (χ0n) is 15.1. The number of aliphatic hydroxyl groups excluding tert-OH is 1. The fourth-order valence-corrected chi connectivity index (χ4v) is 3.36. The average molecular weight is 431 g/mol. The summed E-state index contributed by atoms with van der Waals surface area (Å²) in [6.45, 7) is -0.0292. The molecule has 4 aromatic rings. The normalized spacial score (nSPS) is 12.2. The number of para-hydroxylation sites is 1. The Balaban J connectivity index is 1.51. The number of rotatable bonds is 6. The number of hydrogen-bond donors (Lipinski definition) is 1. The largest absolute Gasteiger partial charge is 0.489 e. The molecule has 148 valence electrons. The van der Waals surface area contributed by atoms with Crippen LogP contribution in [0.5, 0.6) is 5.75 Å². The minimum Gasteiger partial charge on any atom is -0.489 e. The Morgan fingerprint density at radius 3 is 2.69 bits per heavy atom. The minimum atomic E-state index is -0.942. The first-order valence-corrected chi connectivity index (χ1v) is 9.53. The van der Waals surface area contributed by atoms with Gasteiger partial charge in [-0.05, 0) is 30.3 Å². The summed E-state index contributed by atoms with van der Waals surface area (Å²) < 4.78 is 8.45. The van der Waals surface area contributed by atoms with E-state index in [9.17, 15) is 9.90 Å². The number of benzene rings is 2. The van der Waals surface area contributed by atoms with Gasteiger partial charge < -0.3 is 9.84 Å². The van der Waals surface area contributed by atoms with Gasteiger partial charge in [-0.25, -0.2) is 9.67 Å². The molecule has 0 aliphatic rings. The van der Waals surface area contributed by atoms with Crippen LogP contribution in [0.3, 0.4) is 0 Å². The molecule has 1 N–H and O–H groups in total. The predicted molar refractivity (Wildman–Crippen MR) is 111 cm³/mol. The molecule has 0 saturated carbocycles. The van der Waals surface area contributed by atoms with Crippen LogP contribution in [0, 0.1) is 0 Å². The highest BCUT2D eigenvalue weighted by Crippen LogP contribution is 2.27. The average Bonchev–Trinajstić information content (AvgIpc) is 3.15. The summed E-state index contributed by atoms with van der Waals surface area (Å²) in [5, 5.41) is 15.8. The van der Waals surface area contributed by atoms with Crippen molar-refractivity contribution in [2.75, 3.05) is 6.61 Å². The van der Waals surface area contributed by atoms with Crippen LogP contribution in [0.4, 0.5) is 0 Å². The zero-order valence-corrected chi connectivity index (χ0v) is 16.6. The second-order valence-corrected chi connectivity index (χ2v) is 7.21. The number of halogens is 2. The molecule has 2 aromatic heterocycles. The molecule has 0 amide bonds. The third-order valence-corrected chi connectivity index (χ3v) is 4.82. The van der Waals surface area contributed by atoms with E-state index in [-0.39, 0.29) is 18.7 Å². The van der Waals surface area contributed by atoms with Gasteiger partial charge in [0.25, 0.3) is 5.56 Å². The summed E-state index contributed by atoms with van der Waals surface area (Å²) in [5.74, 6) is 0.403. The molecule has 0 bridgehead atoms.